The molecule has 1 aromatic heterocycles. The summed E-state index contributed by atoms with van der Waals surface area (Å²) in [5.74, 6) is 0.790. The fourth-order valence-corrected chi connectivity index (χ4v) is 4.66. The number of hydrogen-bond donors (Lipinski definition) is 1. The van der Waals surface area contributed by atoms with Crippen LogP contribution in [0, 0.1) is 0 Å². The maximum Gasteiger partial charge on any atom is 0.282 e. The van der Waals surface area contributed by atoms with Gasteiger partial charge in [0.05, 0.1) is 24.2 Å². The lowest BCUT2D eigenvalue weighted by molar-refractivity contribution is -0.118. The minimum atomic E-state index is -0.480. The fourth-order valence-electron chi connectivity index (χ4n) is 3.72. The van der Waals surface area contributed by atoms with Gasteiger partial charge in [-0.2, -0.15) is 9.78 Å². The predicted molar refractivity (Wildman–Crippen MR) is 162 cm³/mol. The molecule has 0 bridgehead atoms. The summed E-state index contributed by atoms with van der Waals surface area (Å²) in [6.45, 7) is 5.59. The minimum absolute atomic E-state index is 0.289. The van der Waals surface area contributed by atoms with E-state index in [2.05, 4.69) is 42.3 Å². The van der Waals surface area contributed by atoms with E-state index in [0.717, 1.165) is 4.47 Å². The predicted octanol–water partition coefficient (Wildman–Crippen LogP) is 6.78. The van der Waals surface area contributed by atoms with Gasteiger partial charge in [-0.15, -0.1) is 0 Å². The Morgan fingerprint density at radius 3 is 2.49 bits per heavy atom. The van der Waals surface area contributed by atoms with Crippen LogP contribution in [0.15, 0.2) is 73.4 Å². The van der Waals surface area contributed by atoms with Gasteiger partial charge in [0.1, 0.15) is 5.82 Å². The van der Waals surface area contributed by atoms with Crippen molar-refractivity contribution in [1.82, 2.24) is 9.66 Å². The zero-order chi connectivity index (χ0) is 28.3. The van der Waals surface area contributed by atoms with E-state index in [0.29, 0.717) is 43.2 Å². The third-order valence-electron chi connectivity index (χ3n) is 5.54. The van der Waals surface area contributed by atoms with Crippen molar-refractivity contribution in [1.29, 1.82) is 0 Å². The van der Waals surface area contributed by atoms with Crippen LogP contribution < -0.4 is 20.3 Å². The van der Waals surface area contributed by atoms with Gasteiger partial charge in [-0.05, 0) is 54.6 Å². The first-order chi connectivity index (χ1) is 18.5. The van der Waals surface area contributed by atoms with Crippen molar-refractivity contribution in [3.63, 3.8) is 0 Å². The second kappa shape index (κ2) is 11.9. The smallest absolute Gasteiger partial charge is 0.282 e. The number of hydrogen-bond acceptors (Lipinski definition) is 6. The van der Waals surface area contributed by atoms with Gasteiger partial charge in [0.2, 0.25) is 0 Å². The van der Waals surface area contributed by atoms with Crippen LogP contribution in [0.25, 0.3) is 10.9 Å². The summed E-state index contributed by atoms with van der Waals surface area (Å²) in [5.41, 5.74) is 0.864. The molecule has 0 atom stereocenters. The summed E-state index contributed by atoms with van der Waals surface area (Å²) >= 11 is 12.8. The van der Waals surface area contributed by atoms with Crippen LogP contribution in [-0.2, 0) is 10.2 Å². The lowest BCUT2D eigenvalue weighted by atomic mass is 9.95. The zero-order valence-electron chi connectivity index (χ0n) is 21.6. The molecular weight excluding hydrogens is 652 g/mol. The third kappa shape index (κ3) is 6.87. The highest BCUT2D eigenvalue weighted by Gasteiger charge is 2.23. The molecule has 1 amide bonds. The minimum Gasteiger partial charge on any atom is -0.493 e. The SMILES string of the molecule is COc1cc(Br)cc(C=Nn2c(C(C)(C)C)nc3ccc(Br)cc3c2=O)c1OCC(=O)Nc1ccc(Cl)cc1. The molecule has 202 valence electrons. The molecule has 1 N–H and O–H groups in total. The molecule has 0 aliphatic rings. The molecule has 0 aliphatic carbocycles. The molecule has 4 aromatic rings. The Balaban J connectivity index is 1.71. The summed E-state index contributed by atoms with van der Waals surface area (Å²) in [5, 5.41) is 8.28. The van der Waals surface area contributed by atoms with Gasteiger partial charge in [0.25, 0.3) is 11.5 Å². The zero-order valence-corrected chi connectivity index (χ0v) is 25.5. The van der Waals surface area contributed by atoms with Crippen molar-refractivity contribution in [3.8, 4) is 11.5 Å². The number of ether oxygens (including phenoxy) is 2. The van der Waals surface area contributed by atoms with Gasteiger partial charge in [-0.1, -0.05) is 64.2 Å². The number of rotatable bonds is 7. The molecule has 0 saturated carbocycles. The number of fused-ring (bicyclic) bond motifs is 1. The topological polar surface area (TPSA) is 94.8 Å². The number of anilines is 1. The number of nitrogens with one attached hydrogen (secondary N) is 1. The number of halogens is 3. The standard InChI is InChI=1S/C28H25Br2ClN4O4/c1-28(2,3)27-34-22-10-5-17(29)12-21(22)26(37)35(27)32-14-16-11-18(30)13-23(38-4)25(16)39-15-24(36)33-20-8-6-19(31)7-9-20/h5-14H,15H2,1-4H3,(H,33,36). The Kier molecular flexibility index (Phi) is 8.78. The van der Waals surface area contributed by atoms with Gasteiger partial charge < -0.3 is 14.8 Å². The van der Waals surface area contributed by atoms with Crippen LogP contribution in [0.4, 0.5) is 5.69 Å². The lowest BCUT2D eigenvalue weighted by Gasteiger charge is -2.21. The monoisotopic (exact) mass is 674 g/mol. The van der Waals surface area contributed by atoms with Crippen LogP contribution in [0.2, 0.25) is 5.02 Å². The molecule has 3 aromatic carbocycles. The maximum atomic E-state index is 13.5. The molecule has 0 spiro atoms. The summed E-state index contributed by atoms with van der Waals surface area (Å²) < 4.78 is 14.1. The largest absolute Gasteiger partial charge is 0.493 e. The highest BCUT2D eigenvalue weighted by atomic mass is 79.9. The van der Waals surface area contributed by atoms with Crippen LogP contribution in [0.5, 0.6) is 11.5 Å². The highest BCUT2D eigenvalue weighted by Crippen LogP contribution is 2.34. The Labute approximate surface area is 247 Å². The van der Waals surface area contributed by atoms with Crippen molar-refractivity contribution in [2.24, 2.45) is 5.10 Å². The first-order valence-corrected chi connectivity index (χ1v) is 13.8. The van der Waals surface area contributed by atoms with E-state index in [1.165, 1.54) is 18.0 Å². The highest BCUT2D eigenvalue weighted by molar-refractivity contribution is 9.10. The number of amides is 1. The molecule has 0 aliphatic heterocycles. The Hall–Kier alpha value is -3.21. The Morgan fingerprint density at radius 1 is 1.10 bits per heavy atom. The van der Waals surface area contributed by atoms with E-state index in [1.807, 2.05) is 26.8 Å². The van der Waals surface area contributed by atoms with Crippen LogP contribution in [0.3, 0.4) is 0 Å². The van der Waals surface area contributed by atoms with Gasteiger partial charge in [-0.25, -0.2) is 4.98 Å². The average Bonchev–Trinajstić information content (AvgIpc) is 2.88. The van der Waals surface area contributed by atoms with Crippen LogP contribution in [-0.4, -0.2) is 35.5 Å². The van der Waals surface area contributed by atoms with Crippen molar-refractivity contribution >= 4 is 72.2 Å². The van der Waals surface area contributed by atoms with E-state index in [9.17, 15) is 9.59 Å². The van der Waals surface area contributed by atoms with E-state index in [1.54, 1.807) is 48.5 Å². The van der Waals surface area contributed by atoms with Crippen molar-refractivity contribution in [2.45, 2.75) is 26.2 Å². The Morgan fingerprint density at radius 2 is 1.82 bits per heavy atom. The summed E-state index contributed by atoms with van der Waals surface area (Å²) in [6.07, 6.45) is 1.49. The second-order valence-corrected chi connectivity index (χ2v) is 11.8. The molecule has 11 heteroatoms. The van der Waals surface area contributed by atoms with Crippen LogP contribution >= 0.6 is 43.5 Å². The molecule has 39 heavy (non-hydrogen) atoms. The number of nitrogens with zero attached hydrogens (tertiary/aromatic N) is 3. The van der Waals surface area contributed by atoms with Crippen molar-refractivity contribution in [3.05, 3.63) is 90.3 Å². The van der Waals surface area contributed by atoms with Gasteiger partial charge >= 0.3 is 0 Å². The van der Waals surface area contributed by atoms with Crippen molar-refractivity contribution in [2.75, 3.05) is 19.0 Å². The molecule has 4 rings (SSSR count). The fraction of sp³-hybridized carbons (Fsp3) is 0.214. The lowest BCUT2D eigenvalue weighted by Crippen LogP contribution is -2.29. The second-order valence-electron chi connectivity index (χ2n) is 9.58. The summed E-state index contributed by atoms with van der Waals surface area (Å²) in [6, 6.07) is 15.6. The average molecular weight is 677 g/mol. The normalized spacial score (nSPS) is 11.7. The first-order valence-electron chi connectivity index (χ1n) is 11.8. The molecule has 1 heterocycles. The van der Waals surface area contributed by atoms with Gasteiger partial charge in [-0.3, -0.25) is 9.59 Å². The summed E-state index contributed by atoms with van der Waals surface area (Å²) in [4.78, 5) is 30.8. The van der Waals surface area contributed by atoms with Gasteiger partial charge in [0.15, 0.2) is 18.1 Å². The molecular formula is C28H25Br2ClN4O4. The maximum absolute atomic E-state index is 13.5. The Bertz CT molecular complexity index is 1630. The number of benzene rings is 3. The number of methoxy groups -OCH3 is 1. The van der Waals surface area contributed by atoms with Crippen molar-refractivity contribution < 1.29 is 14.3 Å². The number of aromatic nitrogens is 2. The molecule has 8 nitrogen and oxygen atoms in total. The molecule has 0 fully saturated rings. The quantitative estimate of drug-likeness (QED) is 0.218. The van der Waals surface area contributed by atoms with Crippen LogP contribution in [0.1, 0.15) is 32.2 Å². The van der Waals surface area contributed by atoms with E-state index in [4.69, 9.17) is 26.1 Å². The van der Waals surface area contributed by atoms with E-state index < -0.39 is 5.41 Å². The number of carbonyl (C=O) groups is 1. The molecule has 0 radical (unpaired) electrons. The molecule has 0 saturated heterocycles. The number of carbonyl (C=O) groups excluding carboxylic acids is 1. The first kappa shape index (κ1) is 28.8. The van der Waals surface area contributed by atoms with E-state index >= 15 is 0 Å². The molecule has 0 unspecified atom stereocenters. The summed E-state index contributed by atoms with van der Waals surface area (Å²) in [7, 11) is 1.50. The van der Waals surface area contributed by atoms with Gasteiger partial charge in [0, 0.05) is 30.6 Å². The van der Waals surface area contributed by atoms with E-state index in [-0.39, 0.29) is 23.8 Å². The third-order valence-corrected chi connectivity index (χ3v) is 6.74.